The van der Waals surface area contributed by atoms with Crippen molar-refractivity contribution in [3.63, 3.8) is 0 Å². The van der Waals surface area contributed by atoms with Crippen molar-refractivity contribution in [2.45, 2.75) is 50.5 Å². The minimum Gasteiger partial charge on any atom is -0.394 e. The maximum absolute atomic E-state index is 9.40. The largest absolute Gasteiger partial charge is 0.394 e. The molecular weight excluding hydrogens is 238 g/mol. The lowest BCUT2D eigenvalue weighted by Crippen LogP contribution is -2.37. The molecule has 1 aliphatic carbocycles. The smallest absolute Gasteiger partial charge is 0.137 e. The summed E-state index contributed by atoms with van der Waals surface area (Å²) in [7, 11) is 0. The van der Waals surface area contributed by atoms with Gasteiger partial charge in [-0.25, -0.2) is 0 Å². The third-order valence-corrected chi connectivity index (χ3v) is 4.37. The Labute approximate surface area is 115 Å². The molecule has 1 aromatic carbocycles. The van der Waals surface area contributed by atoms with Crippen molar-refractivity contribution in [1.82, 2.24) is 4.90 Å². The molecule has 1 heterocycles. The minimum absolute atomic E-state index is 0.0291. The molecule has 104 valence electrons. The van der Waals surface area contributed by atoms with E-state index in [0.29, 0.717) is 6.04 Å². The molecule has 1 N–H and O–H groups in total. The van der Waals surface area contributed by atoms with Gasteiger partial charge >= 0.3 is 0 Å². The summed E-state index contributed by atoms with van der Waals surface area (Å²) in [5.74, 6) is 0. The molecule has 1 saturated heterocycles. The number of aliphatic hydroxyl groups is 1. The van der Waals surface area contributed by atoms with Crippen LogP contribution in [0.25, 0.3) is 0 Å². The van der Waals surface area contributed by atoms with Crippen LogP contribution in [0.5, 0.6) is 0 Å². The van der Waals surface area contributed by atoms with E-state index in [1.165, 1.54) is 37.7 Å². The lowest BCUT2D eigenvalue weighted by Gasteiger charge is -2.34. The van der Waals surface area contributed by atoms with Crippen molar-refractivity contribution in [1.29, 1.82) is 0 Å². The van der Waals surface area contributed by atoms with Gasteiger partial charge in [-0.3, -0.25) is 4.90 Å². The van der Waals surface area contributed by atoms with Gasteiger partial charge in [0.1, 0.15) is 6.23 Å². The zero-order valence-corrected chi connectivity index (χ0v) is 11.4. The van der Waals surface area contributed by atoms with Gasteiger partial charge in [-0.2, -0.15) is 0 Å². The van der Waals surface area contributed by atoms with E-state index in [1.54, 1.807) is 0 Å². The summed E-state index contributed by atoms with van der Waals surface area (Å²) in [5, 5.41) is 9.40. The summed E-state index contributed by atoms with van der Waals surface area (Å²) in [6.07, 6.45) is 6.55. The lowest BCUT2D eigenvalue weighted by molar-refractivity contribution is -0.0343. The number of aliphatic hydroxyl groups excluding tert-OH is 1. The van der Waals surface area contributed by atoms with Gasteiger partial charge in [0, 0.05) is 12.6 Å². The van der Waals surface area contributed by atoms with Crippen LogP contribution in [0, 0.1) is 0 Å². The van der Waals surface area contributed by atoms with Crippen molar-refractivity contribution in [2.75, 3.05) is 13.2 Å². The molecule has 0 bridgehead atoms. The predicted octanol–water partition coefficient (Wildman–Crippen LogP) is 2.71. The van der Waals surface area contributed by atoms with Gasteiger partial charge in [-0.15, -0.1) is 0 Å². The molecule has 1 aliphatic heterocycles. The van der Waals surface area contributed by atoms with Crippen LogP contribution in [0.3, 0.4) is 0 Å². The zero-order valence-electron chi connectivity index (χ0n) is 11.4. The molecule has 3 nitrogen and oxygen atoms in total. The molecule has 0 aromatic heterocycles. The Morgan fingerprint density at radius 2 is 1.84 bits per heavy atom. The van der Waals surface area contributed by atoms with Gasteiger partial charge in [0.2, 0.25) is 0 Å². The van der Waals surface area contributed by atoms with Crippen LogP contribution < -0.4 is 0 Å². The molecule has 2 atom stereocenters. The van der Waals surface area contributed by atoms with Gasteiger partial charge in [-0.1, -0.05) is 49.6 Å². The highest BCUT2D eigenvalue weighted by Crippen LogP contribution is 2.36. The minimum atomic E-state index is -0.0351. The van der Waals surface area contributed by atoms with E-state index in [1.807, 2.05) is 6.07 Å². The summed E-state index contributed by atoms with van der Waals surface area (Å²) in [6.45, 7) is 0.979. The molecule has 0 spiro atoms. The number of hydrogen-bond donors (Lipinski definition) is 1. The Balaban J connectivity index is 1.79. The Morgan fingerprint density at radius 1 is 1.11 bits per heavy atom. The standard InChI is InChI=1S/C16H23NO2/c18-12-15-11-17(14-9-5-2-6-10-14)16(19-15)13-7-3-1-4-8-13/h1,3-4,7-8,14-16,18H,2,5-6,9-12H2/t15-,16-/m0/s1. The first-order valence-corrected chi connectivity index (χ1v) is 7.45. The number of benzene rings is 1. The molecular formula is C16H23NO2. The molecule has 2 fully saturated rings. The zero-order chi connectivity index (χ0) is 13.1. The molecule has 0 radical (unpaired) electrons. The van der Waals surface area contributed by atoms with E-state index in [9.17, 15) is 5.11 Å². The fourth-order valence-corrected chi connectivity index (χ4v) is 3.38. The molecule has 1 saturated carbocycles. The molecule has 0 amide bonds. The lowest BCUT2D eigenvalue weighted by atomic mass is 9.93. The summed E-state index contributed by atoms with van der Waals surface area (Å²) in [4.78, 5) is 2.47. The highest BCUT2D eigenvalue weighted by atomic mass is 16.5. The third-order valence-electron chi connectivity index (χ3n) is 4.37. The summed E-state index contributed by atoms with van der Waals surface area (Å²) >= 11 is 0. The fourth-order valence-electron chi connectivity index (χ4n) is 3.38. The van der Waals surface area contributed by atoms with E-state index in [0.717, 1.165) is 6.54 Å². The first-order chi connectivity index (χ1) is 9.38. The van der Waals surface area contributed by atoms with Crippen LogP contribution in [0.4, 0.5) is 0 Å². The SMILES string of the molecule is OC[C@@H]1CN(C2CCCCC2)[C@H](c2ccccc2)O1. The van der Waals surface area contributed by atoms with E-state index in [4.69, 9.17) is 4.74 Å². The first-order valence-electron chi connectivity index (χ1n) is 7.45. The Hall–Kier alpha value is -0.900. The van der Waals surface area contributed by atoms with Crippen LogP contribution >= 0.6 is 0 Å². The summed E-state index contributed by atoms with van der Waals surface area (Å²) < 4.78 is 6.04. The Morgan fingerprint density at radius 3 is 2.53 bits per heavy atom. The number of nitrogens with zero attached hydrogens (tertiary/aromatic N) is 1. The fraction of sp³-hybridized carbons (Fsp3) is 0.625. The highest BCUT2D eigenvalue weighted by molar-refractivity contribution is 5.18. The van der Waals surface area contributed by atoms with Gasteiger partial charge < -0.3 is 9.84 Å². The third kappa shape index (κ3) is 2.83. The van der Waals surface area contributed by atoms with E-state index in [2.05, 4.69) is 29.2 Å². The van der Waals surface area contributed by atoms with E-state index >= 15 is 0 Å². The van der Waals surface area contributed by atoms with Crippen molar-refractivity contribution in [2.24, 2.45) is 0 Å². The maximum atomic E-state index is 9.40. The summed E-state index contributed by atoms with van der Waals surface area (Å²) in [6, 6.07) is 11.0. The molecule has 19 heavy (non-hydrogen) atoms. The number of hydrogen-bond acceptors (Lipinski definition) is 3. The molecule has 0 unspecified atom stereocenters. The van der Waals surface area contributed by atoms with E-state index in [-0.39, 0.29) is 18.9 Å². The molecule has 3 rings (SSSR count). The van der Waals surface area contributed by atoms with Crippen molar-refractivity contribution in [3.8, 4) is 0 Å². The van der Waals surface area contributed by atoms with Gasteiger partial charge in [-0.05, 0) is 18.4 Å². The van der Waals surface area contributed by atoms with Crippen LogP contribution in [-0.2, 0) is 4.74 Å². The number of ether oxygens (including phenoxy) is 1. The normalized spacial score (nSPS) is 29.7. The van der Waals surface area contributed by atoms with Gasteiger partial charge in [0.15, 0.2) is 0 Å². The van der Waals surface area contributed by atoms with Crippen LogP contribution in [-0.4, -0.2) is 35.3 Å². The quantitative estimate of drug-likeness (QED) is 0.908. The van der Waals surface area contributed by atoms with Crippen LogP contribution in [0.15, 0.2) is 30.3 Å². The molecule has 2 aliphatic rings. The summed E-state index contributed by atoms with van der Waals surface area (Å²) in [5.41, 5.74) is 1.21. The maximum Gasteiger partial charge on any atom is 0.137 e. The predicted molar refractivity (Wildman–Crippen MR) is 74.7 cm³/mol. The topological polar surface area (TPSA) is 32.7 Å². The Kier molecular flexibility index (Phi) is 4.16. The first kappa shape index (κ1) is 13.1. The van der Waals surface area contributed by atoms with Gasteiger partial charge in [0.05, 0.1) is 12.7 Å². The second-order valence-electron chi connectivity index (χ2n) is 5.69. The number of rotatable bonds is 3. The average molecular weight is 261 g/mol. The average Bonchev–Trinajstić information content (AvgIpc) is 2.93. The molecule has 3 heteroatoms. The van der Waals surface area contributed by atoms with E-state index < -0.39 is 0 Å². The van der Waals surface area contributed by atoms with Crippen molar-refractivity contribution in [3.05, 3.63) is 35.9 Å². The van der Waals surface area contributed by atoms with Gasteiger partial charge in [0.25, 0.3) is 0 Å². The second kappa shape index (κ2) is 6.04. The highest BCUT2D eigenvalue weighted by Gasteiger charge is 2.37. The van der Waals surface area contributed by atoms with Crippen LogP contribution in [0.2, 0.25) is 0 Å². The molecule has 1 aromatic rings. The second-order valence-corrected chi connectivity index (χ2v) is 5.69. The monoisotopic (exact) mass is 261 g/mol. The van der Waals surface area contributed by atoms with Crippen molar-refractivity contribution < 1.29 is 9.84 Å². The van der Waals surface area contributed by atoms with Crippen molar-refractivity contribution >= 4 is 0 Å². The Bertz CT molecular complexity index is 389. The van der Waals surface area contributed by atoms with Crippen LogP contribution in [0.1, 0.15) is 43.9 Å².